The number of guanidine groups is 1. The molecule has 0 aliphatic heterocycles. The Hall–Kier alpha value is -0.850. The second-order valence-electron chi connectivity index (χ2n) is 5.77. The zero-order chi connectivity index (χ0) is 15.2. The van der Waals surface area contributed by atoms with Gasteiger partial charge >= 0.3 is 0 Å². The first kappa shape index (κ1) is 20.1. The van der Waals surface area contributed by atoms with Gasteiger partial charge in [0.1, 0.15) is 5.82 Å². The Balaban J connectivity index is 0.00000400. The van der Waals surface area contributed by atoms with Crippen molar-refractivity contribution in [2.45, 2.75) is 45.6 Å². The minimum absolute atomic E-state index is 0. The van der Waals surface area contributed by atoms with Gasteiger partial charge in [-0.25, -0.2) is 4.39 Å². The van der Waals surface area contributed by atoms with Crippen LogP contribution in [0, 0.1) is 5.82 Å². The van der Waals surface area contributed by atoms with Gasteiger partial charge in [-0.1, -0.05) is 32.9 Å². The molecule has 0 saturated heterocycles. The molecule has 0 aliphatic rings. The minimum atomic E-state index is -0.197. The van der Waals surface area contributed by atoms with Crippen LogP contribution in [0.3, 0.4) is 0 Å². The zero-order valence-electron chi connectivity index (χ0n) is 13.5. The fourth-order valence-corrected chi connectivity index (χ4v) is 1.85. The Kier molecular flexibility index (Phi) is 8.85. The van der Waals surface area contributed by atoms with E-state index in [-0.39, 0.29) is 35.2 Å². The van der Waals surface area contributed by atoms with Gasteiger partial charge in [-0.15, -0.1) is 24.0 Å². The molecule has 0 radical (unpaired) electrons. The highest BCUT2D eigenvalue weighted by Crippen LogP contribution is 2.22. The molecule has 0 fully saturated rings. The maximum absolute atomic E-state index is 13.3. The predicted molar refractivity (Wildman–Crippen MR) is 99.1 cm³/mol. The number of benzene rings is 1. The lowest BCUT2D eigenvalue weighted by Gasteiger charge is -2.27. The third-order valence-electron chi connectivity index (χ3n) is 3.52. The Morgan fingerprint density at radius 3 is 2.57 bits per heavy atom. The Labute approximate surface area is 144 Å². The lowest BCUT2D eigenvalue weighted by Crippen LogP contribution is -2.46. The molecule has 1 aromatic carbocycles. The van der Waals surface area contributed by atoms with E-state index in [0.717, 1.165) is 17.9 Å². The van der Waals surface area contributed by atoms with Crippen molar-refractivity contribution in [3.63, 3.8) is 0 Å². The molecule has 1 unspecified atom stereocenters. The van der Waals surface area contributed by atoms with Gasteiger partial charge in [-0.3, -0.25) is 4.99 Å². The van der Waals surface area contributed by atoms with Crippen molar-refractivity contribution < 1.29 is 4.39 Å². The van der Waals surface area contributed by atoms with Crippen molar-refractivity contribution in [3.05, 3.63) is 35.6 Å². The van der Waals surface area contributed by atoms with E-state index in [0.29, 0.717) is 12.6 Å². The Morgan fingerprint density at radius 1 is 1.38 bits per heavy atom. The topological polar surface area (TPSA) is 36.4 Å². The summed E-state index contributed by atoms with van der Waals surface area (Å²) >= 11 is 0. The summed E-state index contributed by atoms with van der Waals surface area (Å²) in [4.78, 5) is 4.21. The van der Waals surface area contributed by atoms with Gasteiger partial charge in [0, 0.05) is 25.0 Å². The SMILES string of the molecule is CCC(C)NC(=NC)NCC(C)(C)c1cccc(F)c1.I. The molecule has 0 aromatic heterocycles. The molecule has 1 rings (SSSR count). The molecular formula is C16H27FIN3. The van der Waals surface area contributed by atoms with Crippen molar-refractivity contribution >= 4 is 29.9 Å². The van der Waals surface area contributed by atoms with Crippen LogP contribution >= 0.6 is 24.0 Å². The van der Waals surface area contributed by atoms with Crippen LogP contribution in [-0.2, 0) is 5.41 Å². The lowest BCUT2D eigenvalue weighted by atomic mass is 9.84. The summed E-state index contributed by atoms with van der Waals surface area (Å²) in [5.41, 5.74) is 0.804. The smallest absolute Gasteiger partial charge is 0.191 e. The number of hydrogen-bond donors (Lipinski definition) is 2. The minimum Gasteiger partial charge on any atom is -0.356 e. The first-order valence-electron chi connectivity index (χ1n) is 7.12. The van der Waals surface area contributed by atoms with Gasteiger partial charge in [-0.05, 0) is 31.0 Å². The van der Waals surface area contributed by atoms with Gasteiger partial charge in [0.05, 0.1) is 0 Å². The van der Waals surface area contributed by atoms with Crippen LogP contribution in [-0.4, -0.2) is 25.6 Å². The molecule has 0 heterocycles. The highest BCUT2D eigenvalue weighted by Gasteiger charge is 2.21. The summed E-state index contributed by atoms with van der Waals surface area (Å²) in [5.74, 6) is 0.585. The van der Waals surface area contributed by atoms with Crippen LogP contribution in [0.4, 0.5) is 4.39 Å². The molecule has 2 N–H and O–H groups in total. The Morgan fingerprint density at radius 2 is 2.05 bits per heavy atom. The number of aliphatic imine (C=N–C) groups is 1. The van der Waals surface area contributed by atoms with Gasteiger partial charge in [0.2, 0.25) is 0 Å². The second-order valence-corrected chi connectivity index (χ2v) is 5.77. The standard InChI is InChI=1S/C16H26FN3.HI/c1-6-12(2)20-15(18-5)19-11-16(3,4)13-8-7-9-14(17)10-13;/h7-10,12H,6,11H2,1-5H3,(H2,18,19,20);1H. The predicted octanol–water partition coefficient (Wildman–Crippen LogP) is 3.68. The molecule has 0 aliphatic carbocycles. The van der Waals surface area contributed by atoms with E-state index >= 15 is 0 Å². The Bertz CT molecular complexity index is 461. The summed E-state index contributed by atoms with van der Waals surface area (Å²) in [7, 11) is 1.76. The van der Waals surface area contributed by atoms with Gasteiger partial charge in [0.15, 0.2) is 5.96 Å². The number of nitrogens with zero attached hydrogens (tertiary/aromatic N) is 1. The first-order chi connectivity index (χ1) is 9.39. The maximum atomic E-state index is 13.3. The molecule has 1 aromatic rings. The van der Waals surface area contributed by atoms with E-state index in [1.165, 1.54) is 6.07 Å². The first-order valence-corrected chi connectivity index (χ1v) is 7.12. The molecule has 21 heavy (non-hydrogen) atoms. The third kappa shape index (κ3) is 6.63. The van der Waals surface area contributed by atoms with Crippen LogP contribution < -0.4 is 10.6 Å². The van der Waals surface area contributed by atoms with Crippen LogP contribution in [0.5, 0.6) is 0 Å². The highest BCUT2D eigenvalue weighted by molar-refractivity contribution is 14.0. The normalized spacial score (nSPS) is 13.3. The average molecular weight is 407 g/mol. The monoisotopic (exact) mass is 407 g/mol. The number of halogens is 2. The van der Waals surface area contributed by atoms with E-state index in [1.807, 2.05) is 6.07 Å². The molecule has 0 amide bonds. The summed E-state index contributed by atoms with van der Waals surface area (Å²) in [6.07, 6.45) is 1.04. The van der Waals surface area contributed by atoms with E-state index in [4.69, 9.17) is 0 Å². The summed E-state index contributed by atoms with van der Waals surface area (Å²) < 4.78 is 13.3. The van der Waals surface area contributed by atoms with E-state index < -0.39 is 0 Å². The van der Waals surface area contributed by atoms with Gasteiger partial charge < -0.3 is 10.6 Å². The van der Waals surface area contributed by atoms with Crippen molar-refractivity contribution in [2.75, 3.05) is 13.6 Å². The van der Waals surface area contributed by atoms with Crippen molar-refractivity contribution in [3.8, 4) is 0 Å². The highest BCUT2D eigenvalue weighted by atomic mass is 127. The fraction of sp³-hybridized carbons (Fsp3) is 0.562. The van der Waals surface area contributed by atoms with Crippen molar-refractivity contribution in [2.24, 2.45) is 4.99 Å². The fourth-order valence-electron chi connectivity index (χ4n) is 1.85. The second kappa shape index (κ2) is 9.23. The van der Waals surface area contributed by atoms with Crippen LogP contribution in [0.1, 0.15) is 39.7 Å². The van der Waals surface area contributed by atoms with E-state index in [9.17, 15) is 4.39 Å². The zero-order valence-corrected chi connectivity index (χ0v) is 15.9. The average Bonchev–Trinajstić information content (AvgIpc) is 2.43. The molecule has 0 saturated carbocycles. The number of nitrogens with one attached hydrogen (secondary N) is 2. The van der Waals surface area contributed by atoms with Crippen LogP contribution in [0.25, 0.3) is 0 Å². The van der Waals surface area contributed by atoms with Crippen LogP contribution in [0.15, 0.2) is 29.3 Å². The molecular weight excluding hydrogens is 380 g/mol. The van der Waals surface area contributed by atoms with Gasteiger partial charge in [0.25, 0.3) is 0 Å². The summed E-state index contributed by atoms with van der Waals surface area (Å²) in [6, 6.07) is 7.13. The molecule has 1 atom stereocenters. The number of rotatable bonds is 5. The third-order valence-corrected chi connectivity index (χ3v) is 3.52. The molecule has 0 spiro atoms. The van der Waals surface area contributed by atoms with E-state index in [1.54, 1.807) is 19.2 Å². The molecule has 0 bridgehead atoms. The largest absolute Gasteiger partial charge is 0.356 e. The molecule has 5 heteroatoms. The maximum Gasteiger partial charge on any atom is 0.191 e. The lowest BCUT2D eigenvalue weighted by molar-refractivity contribution is 0.499. The quantitative estimate of drug-likeness (QED) is 0.444. The van der Waals surface area contributed by atoms with E-state index in [2.05, 4.69) is 43.3 Å². The summed E-state index contributed by atoms with van der Waals surface area (Å²) in [5, 5.41) is 6.63. The van der Waals surface area contributed by atoms with Gasteiger partial charge in [-0.2, -0.15) is 0 Å². The number of hydrogen-bond acceptors (Lipinski definition) is 1. The van der Waals surface area contributed by atoms with Crippen molar-refractivity contribution in [1.82, 2.24) is 10.6 Å². The summed E-state index contributed by atoms with van der Waals surface area (Å²) in [6.45, 7) is 9.11. The van der Waals surface area contributed by atoms with Crippen molar-refractivity contribution in [1.29, 1.82) is 0 Å². The molecule has 3 nitrogen and oxygen atoms in total. The van der Waals surface area contributed by atoms with Crippen LogP contribution in [0.2, 0.25) is 0 Å². The molecule has 120 valence electrons.